The molecule has 236 valence electrons. The maximum atomic E-state index is 6.43. The summed E-state index contributed by atoms with van der Waals surface area (Å²) in [6, 6.07) is 41.3. The first kappa shape index (κ1) is 29.1. The molecule has 0 saturated carbocycles. The molecule has 0 unspecified atom stereocenters. The highest BCUT2D eigenvalue weighted by Gasteiger charge is 2.38. The lowest BCUT2D eigenvalue weighted by Gasteiger charge is -2.29. The molecule has 9 rings (SSSR count). The van der Waals surface area contributed by atoms with Crippen molar-refractivity contribution in [3.05, 3.63) is 148 Å². The van der Waals surface area contributed by atoms with Crippen LogP contribution in [0.2, 0.25) is 0 Å². The Bertz CT molecular complexity index is 2470. The van der Waals surface area contributed by atoms with Gasteiger partial charge in [0.15, 0.2) is 0 Å². The van der Waals surface area contributed by atoms with E-state index in [0.717, 1.165) is 40.0 Å². The normalized spacial score (nSPS) is 15.0. The molecule has 7 aromatic rings. The molecule has 48 heavy (non-hydrogen) atoms. The number of furan rings is 1. The fourth-order valence-corrected chi connectivity index (χ4v) is 8.77. The topological polar surface area (TPSA) is 16.4 Å². The minimum atomic E-state index is -0.0983. The van der Waals surface area contributed by atoms with Crippen LogP contribution in [0.5, 0.6) is 0 Å². The number of nitrogens with zero attached hydrogens (tertiary/aromatic N) is 1. The van der Waals surface area contributed by atoms with Crippen LogP contribution in [0.3, 0.4) is 0 Å². The molecule has 0 saturated heterocycles. The van der Waals surface area contributed by atoms with E-state index in [-0.39, 0.29) is 10.8 Å². The van der Waals surface area contributed by atoms with E-state index in [9.17, 15) is 0 Å². The maximum Gasteiger partial charge on any atom is 0.138 e. The van der Waals surface area contributed by atoms with E-state index in [1.165, 1.54) is 66.6 Å². The Hall–Kier alpha value is -5.08. The summed E-state index contributed by atoms with van der Waals surface area (Å²) < 4.78 is 6.43. The Morgan fingerprint density at radius 3 is 1.79 bits per heavy atom. The van der Waals surface area contributed by atoms with Crippen molar-refractivity contribution in [2.75, 3.05) is 4.90 Å². The zero-order chi connectivity index (χ0) is 33.1. The molecule has 1 aromatic heterocycles. The number of benzene rings is 6. The molecule has 0 fully saturated rings. The van der Waals surface area contributed by atoms with E-state index < -0.39 is 0 Å². The van der Waals surface area contributed by atoms with Crippen LogP contribution in [0.15, 0.2) is 114 Å². The van der Waals surface area contributed by atoms with Gasteiger partial charge in [-0.05, 0) is 130 Å². The highest BCUT2D eigenvalue weighted by atomic mass is 16.3. The van der Waals surface area contributed by atoms with Crippen molar-refractivity contribution >= 4 is 39.0 Å². The lowest BCUT2D eigenvalue weighted by Crippen LogP contribution is -2.18. The van der Waals surface area contributed by atoms with Crippen LogP contribution in [0.25, 0.3) is 44.2 Å². The smallest absolute Gasteiger partial charge is 0.138 e. The van der Waals surface area contributed by atoms with Gasteiger partial charge >= 0.3 is 0 Å². The van der Waals surface area contributed by atoms with Gasteiger partial charge < -0.3 is 9.32 Å². The third-order valence-electron chi connectivity index (χ3n) is 11.4. The highest BCUT2D eigenvalue weighted by molar-refractivity contribution is 6.08. The third kappa shape index (κ3) is 3.99. The predicted octanol–water partition coefficient (Wildman–Crippen LogP) is 12.8. The van der Waals surface area contributed by atoms with E-state index >= 15 is 0 Å². The molecule has 0 amide bonds. The summed E-state index contributed by atoms with van der Waals surface area (Å²) in [4.78, 5) is 2.46. The van der Waals surface area contributed by atoms with Crippen LogP contribution >= 0.6 is 0 Å². The van der Waals surface area contributed by atoms with Crippen molar-refractivity contribution in [3.63, 3.8) is 0 Å². The van der Waals surface area contributed by atoms with Gasteiger partial charge in [0.25, 0.3) is 0 Å². The van der Waals surface area contributed by atoms with Crippen molar-refractivity contribution in [1.29, 1.82) is 0 Å². The molecule has 2 nitrogen and oxygen atoms in total. The van der Waals surface area contributed by atoms with Crippen LogP contribution in [-0.2, 0) is 17.3 Å². The molecule has 0 spiro atoms. The van der Waals surface area contributed by atoms with Crippen LogP contribution < -0.4 is 4.90 Å². The van der Waals surface area contributed by atoms with Crippen LogP contribution in [0.4, 0.5) is 17.1 Å². The number of fused-ring (bicyclic) bond motifs is 9. The fourth-order valence-electron chi connectivity index (χ4n) is 8.77. The van der Waals surface area contributed by atoms with Gasteiger partial charge in [-0.15, -0.1) is 0 Å². The van der Waals surface area contributed by atoms with E-state index in [1.54, 1.807) is 0 Å². The van der Waals surface area contributed by atoms with Crippen molar-refractivity contribution in [3.8, 4) is 22.3 Å². The second-order valence-corrected chi connectivity index (χ2v) is 15.1. The summed E-state index contributed by atoms with van der Waals surface area (Å²) in [6.45, 7) is 16.0. The van der Waals surface area contributed by atoms with Crippen molar-refractivity contribution in [1.82, 2.24) is 0 Å². The van der Waals surface area contributed by atoms with Crippen LogP contribution in [-0.4, -0.2) is 0 Å². The van der Waals surface area contributed by atoms with Crippen molar-refractivity contribution in [2.45, 2.75) is 65.7 Å². The van der Waals surface area contributed by atoms with Crippen molar-refractivity contribution in [2.24, 2.45) is 0 Å². The Kier molecular flexibility index (Phi) is 6.04. The lowest BCUT2D eigenvalue weighted by molar-refractivity contribution is 0.659. The highest BCUT2D eigenvalue weighted by Crippen LogP contribution is 2.53. The monoisotopic (exact) mass is 623 g/mol. The Balaban J connectivity index is 1.27. The number of aryl methyl sites for hydroxylation is 3. The van der Waals surface area contributed by atoms with Gasteiger partial charge in [-0.2, -0.15) is 0 Å². The zero-order valence-electron chi connectivity index (χ0n) is 29.0. The molecule has 2 aliphatic carbocycles. The molecular formula is C46H41NO. The van der Waals surface area contributed by atoms with Crippen LogP contribution in [0, 0.1) is 13.8 Å². The minimum Gasteiger partial charge on any atom is -0.456 e. The summed E-state index contributed by atoms with van der Waals surface area (Å²) in [5, 5.41) is 2.32. The van der Waals surface area contributed by atoms with Crippen LogP contribution in [0.1, 0.15) is 73.6 Å². The van der Waals surface area contributed by atoms with Crippen molar-refractivity contribution < 1.29 is 4.42 Å². The summed E-state index contributed by atoms with van der Waals surface area (Å²) in [5.74, 6) is 0. The third-order valence-corrected chi connectivity index (χ3v) is 11.4. The first-order valence-corrected chi connectivity index (χ1v) is 17.3. The van der Waals surface area contributed by atoms with E-state index in [4.69, 9.17) is 4.42 Å². The van der Waals surface area contributed by atoms with E-state index in [0.29, 0.717) is 0 Å². The summed E-state index contributed by atoms with van der Waals surface area (Å²) >= 11 is 0. The number of hydrogen-bond donors (Lipinski definition) is 0. The molecule has 0 radical (unpaired) electrons. The second-order valence-electron chi connectivity index (χ2n) is 15.1. The first-order chi connectivity index (χ1) is 23.1. The maximum absolute atomic E-state index is 6.43. The second kappa shape index (κ2) is 9.97. The molecule has 2 aliphatic rings. The van der Waals surface area contributed by atoms with Gasteiger partial charge in [0, 0.05) is 38.7 Å². The average Bonchev–Trinajstić information content (AvgIpc) is 3.64. The molecule has 0 atom stereocenters. The summed E-state index contributed by atoms with van der Waals surface area (Å²) in [6.07, 6.45) is 1.04. The quantitative estimate of drug-likeness (QED) is 0.194. The summed E-state index contributed by atoms with van der Waals surface area (Å²) in [7, 11) is 0. The molecule has 0 aliphatic heterocycles. The minimum absolute atomic E-state index is 0.0913. The lowest BCUT2D eigenvalue weighted by atomic mass is 9.81. The molecule has 6 aromatic carbocycles. The Morgan fingerprint density at radius 1 is 0.542 bits per heavy atom. The molecular weight excluding hydrogens is 583 g/mol. The largest absolute Gasteiger partial charge is 0.456 e. The number of hydrogen-bond acceptors (Lipinski definition) is 2. The first-order valence-electron chi connectivity index (χ1n) is 17.3. The van der Waals surface area contributed by atoms with E-state index in [1.807, 2.05) is 0 Å². The predicted molar refractivity (Wildman–Crippen MR) is 202 cm³/mol. The van der Waals surface area contributed by atoms with Gasteiger partial charge in [0.2, 0.25) is 0 Å². The molecule has 0 bridgehead atoms. The molecule has 2 heteroatoms. The number of rotatable bonds is 4. The standard InChI is InChI=1S/C46H41NO/c1-8-29-13-17-34-36-19-15-32(26-42(36)46(6,7)40(34)23-29)47(30-16-20-43-37(24-30)38-22-27(2)21-28(3)44(38)48-43)31-14-18-35-33-11-9-10-12-39(33)45(4,5)41(35)25-31/h9-26H,8H2,1-7H3. The average molecular weight is 624 g/mol. The zero-order valence-corrected chi connectivity index (χ0v) is 29.0. The van der Waals surface area contributed by atoms with E-state index in [2.05, 4.69) is 163 Å². The number of anilines is 3. The Labute approximate surface area is 283 Å². The van der Waals surface area contributed by atoms with Gasteiger partial charge in [0.1, 0.15) is 11.2 Å². The summed E-state index contributed by atoms with van der Waals surface area (Å²) in [5.41, 5.74) is 19.9. The molecule has 1 heterocycles. The Morgan fingerprint density at radius 2 is 1.10 bits per heavy atom. The molecule has 0 N–H and O–H groups in total. The van der Waals surface area contributed by atoms with Gasteiger partial charge in [-0.25, -0.2) is 0 Å². The fraction of sp³-hybridized carbons (Fsp3) is 0.217. The van der Waals surface area contributed by atoms with Gasteiger partial charge in [-0.1, -0.05) is 95.3 Å². The van der Waals surface area contributed by atoms with Gasteiger partial charge in [-0.3, -0.25) is 0 Å². The van der Waals surface area contributed by atoms with Gasteiger partial charge in [0.05, 0.1) is 0 Å². The SMILES string of the molecule is CCc1ccc2c(c1)C(C)(C)c1cc(N(c3ccc4c(c3)C(C)(C)c3ccccc3-4)c3ccc4oc5c(C)cc(C)cc5c4c3)ccc1-2.